The van der Waals surface area contributed by atoms with Crippen LogP contribution in [0.4, 0.5) is 11.5 Å². The van der Waals surface area contributed by atoms with Gasteiger partial charge < -0.3 is 24.7 Å². The van der Waals surface area contributed by atoms with Gasteiger partial charge in [0.25, 0.3) is 5.56 Å². The molecule has 4 aromatic rings. The summed E-state index contributed by atoms with van der Waals surface area (Å²) in [5, 5.41) is 4.58. The van der Waals surface area contributed by atoms with Crippen LogP contribution in [0, 0.1) is 12.8 Å². The van der Waals surface area contributed by atoms with Crippen LogP contribution in [0.15, 0.2) is 53.7 Å². The van der Waals surface area contributed by atoms with Gasteiger partial charge >= 0.3 is 0 Å². The molecule has 2 saturated heterocycles. The Bertz CT molecular complexity index is 1610. The third-order valence-corrected chi connectivity index (χ3v) is 7.90. The van der Waals surface area contributed by atoms with Crippen LogP contribution in [-0.2, 0) is 9.53 Å². The molecule has 1 unspecified atom stereocenters. The Morgan fingerprint density at radius 2 is 1.95 bits per heavy atom. The van der Waals surface area contributed by atoms with Crippen LogP contribution in [0.5, 0.6) is 5.88 Å². The molecule has 3 aromatic heterocycles. The third-order valence-electron chi connectivity index (χ3n) is 7.90. The number of rotatable bonds is 6. The SMILES string of the molecule is COc1cncc(-c2cc3cc[nH]c(=O)c3c(Nc3ccc(C4CCN(C(=O)C5CCOC5)CC4)c(C)c3)n2)n1. The Labute approximate surface area is 231 Å². The van der Waals surface area contributed by atoms with Crippen LogP contribution in [0.25, 0.3) is 22.2 Å². The number of hydrogen-bond donors (Lipinski definition) is 2. The minimum Gasteiger partial charge on any atom is -0.480 e. The topological polar surface area (TPSA) is 122 Å². The van der Waals surface area contributed by atoms with Gasteiger partial charge in [0.05, 0.1) is 43.1 Å². The summed E-state index contributed by atoms with van der Waals surface area (Å²) in [7, 11) is 1.54. The first-order chi connectivity index (χ1) is 19.5. The number of carbonyl (C=O) groups is 1. The number of ether oxygens (including phenoxy) is 2. The van der Waals surface area contributed by atoms with Crippen LogP contribution < -0.4 is 15.6 Å². The molecule has 2 aliphatic rings. The van der Waals surface area contributed by atoms with E-state index in [0.717, 1.165) is 49.0 Å². The average molecular weight is 541 g/mol. The number of pyridine rings is 2. The molecule has 2 fully saturated rings. The number of aromatic amines is 1. The maximum Gasteiger partial charge on any atom is 0.259 e. The van der Waals surface area contributed by atoms with E-state index >= 15 is 0 Å². The van der Waals surface area contributed by atoms with E-state index in [9.17, 15) is 9.59 Å². The minimum absolute atomic E-state index is 0.0232. The van der Waals surface area contributed by atoms with Crippen LogP contribution in [0.1, 0.15) is 36.3 Å². The zero-order chi connectivity index (χ0) is 27.6. The molecule has 206 valence electrons. The number of piperidine rings is 1. The number of hydrogen-bond acceptors (Lipinski definition) is 8. The number of nitrogens with one attached hydrogen (secondary N) is 2. The lowest BCUT2D eigenvalue weighted by Gasteiger charge is -2.34. The standard InChI is InChI=1S/C30H32N6O4/c1-18-13-22(3-4-23(18)19-6-10-36(11-7-19)30(38)21-8-12-40-17-21)33-28-27-20(5-9-32-29(27)37)14-24(35-28)25-15-31-16-26(34-25)39-2/h3-5,9,13-16,19,21H,6-8,10-12,17H2,1-2H3,(H,32,37)(H,33,35). The molecule has 10 heteroatoms. The van der Waals surface area contributed by atoms with Crippen LogP contribution >= 0.6 is 0 Å². The van der Waals surface area contributed by atoms with E-state index in [4.69, 9.17) is 14.5 Å². The fraction of sp³-hybridized carbons (Fsp3) is 0.367. The van der Waals surface area contributed by atoms with Gasteiger partial charge in [-0.2, -0.15) is 0 Å². The van der Waals surface area contributed by atoms with Gasteiger partial charge in [-0.15, -0.1) is 0 Å². The summed E-state index contributed by atoms with van der Waals surface area (Å²) in [6.45, 7) is 4.90. The highest BCUT2D eigenvalue weighted by Crippen LogP contribution is 2.34. The molecule has 1 aromatic carbocycles. The smallest absolute Gasteiger partial charge is 0.259 e. The number of likely N-dealkylation sites (tertiary alicyclic amines) is 1. The van der Waals surface area contributed by atoms with Crippen molar-refractivity contribution in [2.75, 3.05) is 38.7 Å². The fourth-order valence-corrected chi connectivity index (χ4v) is 5.75. The molecule has 1 atom stereocenters. The van der Waals surface area contributed by atoms with Crippen molar-refractivity contribution < 1.29 is 14.3 Å². The first kappa shape index (κ1) is 25.9. The minimum atomic E-state index is -0.227. The molecule has 5 heterocycles. The van der Waals surface area contributed by atoms with E-state index in [1.165, 1.54) is 18.9 Å². The van der Waals surface area contributed by atoms with Gasteiger partial charge in [-0.25, -0.2) is 9.97 Å². The van der Waals surface area contributed by atoms with Gasteiger partial charge in [-0.05, 0) is 72.9 Å². The number of methoxy groups -OCH3 is 1. The highest BCUT2D eigenvalue weighted by atomic mass is 16.5. The number of benzene rings is 1. The summed E-state index contributed by atoms with van der Waals surface area (Å²) in [5.74, 6) is 1.48. The molecular weight excluding hydrogens is 508 g/mol. The molecule has 0 spiro atoms. The molecule has 40 heavy (non-hydrogen) atoms. The molecule has 0 saturated carbocycles. The predicted octanol–water partition coefficient (Wildman–Crippen LogP) is 4.18. The number of anilines is 2. The predicted molar refractivity (Wildman–Crippen MR) is 152 cm³/mol. The number of carbonyl (C=O) groups excluding carboxylic acids is 1. The number of amides is 1. The zero-order valence-corrected chi connectivity index (χ0v) is 22.6. The van der Waals surface area contributed by atoms with Gasteiger partial charge in [0.2, 0.25) is 11.8 Å². The summed E-state index contributed by atoms with van der Waals surface area (Å²) < 4.78 is 10.6. The van der Waals surface area contributed by atoms with Crippen molar-refractivity contribution >= 4 is 28.2 Å². The van der Waals surface area contributed by atoms with E-state index < -0.39 is 0 Å². The van der Waals surface area contributed by atoms with Crippen molar-refractivity contribution in [3.63, 3.8) is 0 Å². The molecule has 2 N–H and O–H groups in total. The Morgan fingerprint density at radius 3 is 2.70 bits per heavy atom. The van der Waals surface area contributed by atoms with Crippen molar-refractivity contribution in [2.45, 2.75) is 32.1 Å². The molecule has 2 aliphatic heterocycles. The van der Waals surface area contributed by atoms with Gasteiger partial charge in [0.1, 0.15) is 11.5 Å². The number of aryl methyl sites for hydroxylation is 1. The highest BCUT2D eigenvalue weighted by Gasteiger charge is 2.31. The third kappa shape index (κ3) is 5.14. The number of aromatic nitrogens is 4. The second-order valence-electron chi connectivity index (χ2n) is 10.4. The van der Waals surface area contributed by atoms with Gasteiger partial charge in [0.15, 0.2) is 0 Å². The van der Waals surface area contributed by atoms with E-state index in [1.54, 1.807) is 12.4 Å². The Morgan fingerprint density at radius 1 is 1.10 bits per heavy atom. The fourth-order valence-electron chi connectivity index (χ4n) is 5.75. The monoisotopic (exact) mass is 540 g/mol. The average Bonchev–Trinajstić information content (AvgIpc) is 3.52. The van der Waals surface area contributed by atoms with E-state index in [0.29, 0.717) is 47.6 Å². The maximum absolute atomic E-state index is 12.8. The summed E-state index contributed by atoms with van der Waals surface area (Å²) in [6.07, 6.45) is 7.49. The Balaban J connectivity index is 1.24. The van der Waals surface area contributed by atoms with Gasteiger partial charge in [-0.1, -0.05) is 6.07 Å². The second kappa shape index (κ2) is 11.1. The molecule has 0 aliphatic carbocycles. The largest absolute Gasteiger partial charge is 0.480 e. The lowest BCUT2D eigenvalue weighted by molar-refractivity contribution is -0.136. The molecule has 0 radical (unpaired) electrons. The lowest BCUT2D eigenvalue weighted by atomic mass is 9.86. The Kier molecular flexibility index (Phi) is 7.17. The summed E-state index contributed by atoms with van der Waals surface area (Å²) in [6, 6.07) is 9.93. The molecule has 1 amide bonds. The van der Waals surface area contributed by atoms with Crippen molar-refractivity contribution in [3.05, 3.63) is 70.4 Å². The zero-order valence-electron chi connectivity index (χ0n) is 22.6. The first-order valence-electron chi connectivity index (χ1n) is 13.6. The number of nitrogens with zero attached hydrogens (tertiary/aromatic N) is 4. The van der Waals surface area contributed by atoms with Crippen molar-refractivity contribution in [1.82, 2.24) is 24.8 Å². The normalized spacial score (nSPS) is 17.8. The Hall–Kier alpha value is -4.31. The van der Waals surface area contributed by atoms with Gasteiger partial charge in [-0.3, -0.25) is 14.6 Å². The van der Waals surface area contributed by atoms with Crippen LogP contribution in [0.2, 0.25) is 0 Å². The molecular formula is C30H32N6O4. The van der Waals surface area contributed by atoms with E-state index in [1.807, 2.05) is 23.1 Å². The van der Waals surface area contributed by atoms with Crippen LogP contribution in [-0.4, -0.2) is 64.2 Å². The van der Waals surface area contributed by atoms with Crippen LogP contribution in [0.3, 0.4) is 0 Å². The molecule has 0 bridgehead atoms. The number of fused-ring (bicyclic) bond motifs is 1. The highest BCUT2D eigenvalue weighted by molar-refractivity contribution is 5.95. The van der Waals surface area contributed by atoms with Gasteiger partial charge in [0, 0.05) is 31.6 Å². The summed E-state index contributed by atoms with van der Waals surface area (Å²) >= 11 is 0. The second-order valence-corrected chi connectivity index (χ2v) is 10.4. The summed E-state index contributed by atoms with van der Waals surface area (Å²) in [4.78, 5) is 43.8. The van der Waals surface area contributed by atoms with Crippen molar-refractivity contribution in [3.8, 4) is 17.3 Å². The maximum atomic E-state index is 12.8. The quantitative estimate of drug-likeness (QED) is 0.374. The lowest BCUT2D eigenvalue weighted by Crippen LogP contribution is -2.41. The number of H-pyrrole nitrogens is 1. The van der Waals surface area contributed by atoms with E-state index in [-0.39, 0.29) is 17.4 Å². The molecule has 10 nitrogen and oxygen atoms in total. The summed E-state index contributed by atoms with van der Waals surface area (Å²) in [5.41, 5.74) is 4.17. The molecule has 6 rings (SSSR count). The van der Waals surface area contributed by atoms with Crippen molar-refractivity contribution in [1.29, 1.82) is 0 Å². The van der Waals surface area contributed by atoms with Crippen molar-refractivity contribution in [2.24, 2.45) is 5.92 Å². The van der Waals surface area contributed by atoms with E-state index in [2.05, 4.69) is 39.3 Å². The first-order valence-corrected chi connectivity index (χ1v) is 13.6.